The predicted octanol–water partition coefficient (Wildman–Crippen LogP) is 2.07. The van der Waals surface area contributed by atoms with Crippen molar-refractivity contribution in [2.24, 2.45) is 0 Å². The molecule has 0 amide bonds. The van der Waals surface area contributed by atoms with Gasteiger partial charge in [-0.25, -0.2) is 0 Å². The van der Waals surface area contributed by atoms with Gasteiger partial charge in [0.25, 0.3) is 0 Å². The maximum absolute atomic E-state index is 13.2. The van der Waals surface area contributed by atoms with Crippen LogP contribution in [0, 0.1) is 5.21 Å². The summed E-state index contributed by atoms with van der Waals surface area (Å²) in [5, 5.41) is 16.6. The van der Waals surface area contributed by atoms with E-state index in [0.29, 0.717) is 13.1 Å². The second-order valence-electron chi connectivity index (χ2n) is 6.58. The molecule has 0 saturated carbocycles. The van der Waals surface area contributed by atoms with Crippen LogP contribution in [0.5, 0.6) is 0 Å². The summed E-state index contributed by atoms with van der Waals surface area (Å²) in [7, 11) is -1.03. The third-order valence-electron chi connectivity index (χ3n) is 5.12. The first-order valence-electron chi connectivity index (χ1n) is 8.38. The van der Waals surface area contributed by atoms with E-state index in [0.717, 1.165) is 17.0 Å². The molecule has 2 aliphatic heterocycles. The SMILES string of the molecule is O=S1C(Cc2ccccc2)C2NCN([O-])C2C1Cc1ccccc1. The molecule has 5 unspecified atom stereocenters. The Morgan fingerprint density at radius 1 is 0.958 bits per heavy atom. The zero-order valence-electron chi connectivity index (χ0n) is 13.4. The minimum Gasteiger partial charge on any atom is -0.784 e. The summed E-state index contributed by atoms with van der Waals surface area (Å²) in [4.78, 5) is 0. The molecular formula is C19H21N2O2S-. The monoisotopic (exact) mass is 341 g/mol. The molecule has 0 aromatic heterocycles. The summed E-state index contributed by atoms with van der Waals surface area (Å²) >= 11 is 0. The Hall–Kier alpha value is -1.53. The van der Waals surface area contributed by atoms with Crippen LogP contribution < -0.4 is 5.32 Å². The average molecular weight is 341 g/mol. The molecule has 0 bridgehead atoms. The van der Waals surface area contributed by atoms with Gasteiger partial charge in [-0.15, -0.1) is 0 Å². The van der Waals surface area contributed by atoms with E-state index < -0.39 is 10.8 Å². The molecule has 5 atom stereocenters. The van der Waals surface area contributed by atoms with Gasteiger partial charge in [0.1, 0.15) is 0 Å². The van der Waals surface area contributed by atoms with Crippen molar-refractivity contribution in [1.29, 1.82) is 0 Å². The van der Waals surface area contributed by atoms with Crippen LogP contribution in [0.3, 0.4) is 0 Å². The van der Waals surface area contributed by atoms with Crippen molar-refractivity contribution < 1.29 is 4.21 Å². The summed E-state index contributed by atoms with van der Waals surface area (Å²) < 4.78 is 13.2. The summed E-state index contributed by atoms with van der Waals surface area (Å²) in [6, 6.07) is 20.0. The normalized spacial score (nSPS) is 32.8. The van der Waals surface area contributed by atoms with Gasteiger partial charge in [0.05, 0.1) is 10.5 Å². The van der Waals surface area contributed by atoms with E-state index in [4.69, 9.17) is 0 Å². The number of nitrogens with one attached hydrogen (secondary N) is 1. The van der Waals surface area contributed by atoms with Crippen LogP contribution >= 0.6 is 0 Å². The van der Waals surface area contributed by atoms with E-state index in [-0.39, 0.29) is 22.6 Å². The van der Waals surface area contributed by atoms with Crippen LogP contribution in [0.1, 0.15) is 11.1 Å². The molecule has 2 aromatic carbocycles. The lowest BCUT2D eigenvalue weighted by molar-refractivity contribution is 0.332. The Labute approximate surface area is 144 Å². The van der Waals surface area contributed by atoms with E-state index in [9.17, 15) is 9.42 Å². The Kier molecular flexibility index (Phi) is 4.50. The van der Waals surface area contributed by atoms with Gasteiger partial charge in [0.2, 0.25) is 0 Å². The molecule has 126 valence electrons. The fraction of sp³-hybridized carbons (Fsp3) is 0.368. The van der Waals surface area contributed by atoms with Crippen molar-refractivity contribution in [3.63, 3.8) is 0 Å². The van der Waals surface area contributed by atoms with E-state index in [1.54, 1.807) is 0 Å². The highest BCUT2D eigenvalue weighted by atomic mass is 32.2. The number of benzene rings is 2. The Morgan fingerprint density at radius 2 is 1.50 bits per heavy atom. The van der Waals surface area contributed by atoms with Crippen LogP contribution in [0.25, 0.3) is 0 Å². The Bertz CT molecular complexity index is 710. The number of hydrogen-bond donors (Lipinski definition) is 1. The van der Waals surface area contributed by atoms with Gasteiger partial charge in [0.15, 0.2) is 0 Å². The lowest BCUT2D eigenvalue weighted by Gasteiger charge is -2.32. The van der Waals surface area contributed by atoms with Crippen LogP contribution in [0.4, 0.5) is 0 Å². The third-order valence-corrected chi connectivity index (χ3v) is 7.22. The molecular weight excluding hydrogens is 320 g/mol. The van der Waals surface area contributed by atoms with Crippen molar-refractivity contribution in [1.82, 2.24) is 10.4 Å². The average Bonchev–Trinajstić information content (AvgIpc) is 3.11. The number of rotatable bonds is 4. The van der Waals surface area contributed by atoms with Crippen molar-refractivity contribution in [3.8, 4) is 0 Å². The quantitative estimate of drug-likeness (QED) is 0.925. The first kappa shape index (κ1) is 16.0. The second kappa shape index (κ2) is 6.76. The highest BCUT2D eigenvalue weighted by Crippen LogP contribution is 2.35. The number of nitrogens with zero attached hydrogens (tertiary/aromatic N) is 1. The van der Waals surface area contributed by atoms with Gasteiger partial charge in [-0.05, 0) is 24.0 Å². The third kappa shape index (κ3) is 2.93. The molecule has 4 rings (SSSR count). The van der Waals surface area contributed by atoms with Gasteiger partial charge in [-0.2, -0.15) is 0 Å². The molecule has 1 N–H and O–H groups in total. The topological polar surface area (TPSA) is 55.4 Å². The number of fused-ring (bicyclic) bond motifs is 1. The molecule has 24 heavy (non-hydrogen) atoms. The molecule has 5 heteroatoms. The minimum absolute atomic E-state index is 0.00920. The molecule has 2 aliphatic rings. The van der Waals surface area contributed by atoms with Crippen molar-refractivity contribution in [2.45, 2.75) is 35.4 Å². The van der Waals surface area contributed by atoms with Gasteiger partial charge < -0.3 is 10.3 Å². The van der Waals surface area contributed by atoms with Crippen LogP contribution in [0.2, 0.25) is 0 Å². The Balaban J connectivity index is 1.59. The molecule has 2 fully saturated rings. The Morgan fingerprint density at radius 3 is 2.08 bits per heavy atom. The maximum Gasteiger partial charge on any atom is 0.0560 e. The van der Waals surface area contributed by atoms with Gasteiger partial charge in [-0.1, -0.05) is 60.7 Å². The van der Waals surface area contributed by atoms with Crippen molar-refractivity contribution in [2.75, 3.05) is 6.67 Å². The van der Waals surface area contributed by atoms with Crippen LogP contribution in [-0.4, -0.2) is 38.5 Å². The van der Waals surface area contributed by atoms with Crippen molar-refractivity contribution in [3.05, 3.63) is 77.0 Å². The van der Waals surface area contributed by atoms with Crippen LogP contribution in [-0.2, 0) is 23.6 Å². The van der Waals surface area contributed by atoms with Gasteiger partial charge in [-0.3, -0.25) is 9.53 Å². The first-order chi connectivity index (χ1) is 11.7. The number of hydroxylamine groups is 2. The summed E-state index contributed by atoms with van der Waals surface area (Å²) in [6.07, 6.45) is 1.45. The molecule has 0 aliphatic carbocycles. The van der Waals surface area contributed by atoms with E-state index >= 15 is 0 Å². The van der Waals surface area contributed by atoms with E-state index in [1.165, 1.54) is 5.56 Å². The molecule has 2 aromatic rings. The van der Waals surface area contributed by atoms with Gasteiger partial charge in [0, 0.05) is 29.6 Å². The molecule has 0 radical (unpaired) electrons. The second-order valence-corrected chi connectivity index (χ2v) is 8.45. The minimum atomic E-state index is -1.03. The standard InChI is InChI=1S/C19H21N2O2S/c22-21-13-20-18-16(11-14-7-3-1-4-8-14)24(23)17(19(18)21)12-15-9-5-2-6-10-15/h1-10,16-20H,11-13H2/q-1. The zero-order valence-corrected chi connectivity index (χ0v) is 14.2. The summed E-state index contributed by atoms with van der Waals surface area (Å²) in [6.45, 7) is 0.336. The lowest BCUT2D eigenvalue weighted by Crippen LogP contribution is -2.40. The first-order valence-corrected chi connectivity index (χ1v) is 9.66. The molecule has 0 spiro atoms. The molecule has 4 nitrogen and oxygen atoms in total. The van der Waals surface area contributed by atoms with Gasteiger partial charge >= 0.3 is 0 Å². The maximum atomic E-state index is 13.2. The highest BCUT2D eigenvalue weighted by molar-refractivity contribution is 7.86. The predicted molar refractivity (Wildman–Crippen MR) is 96.8 cm³/mol. The van der Waals surface area contributed by atoms with E-state index in [2.05, 4.69) is 17.4 Å². The smallest absolute Gasteiger partial charge is 0.0560 e. The zero-order chi connectivity index (χ0) is 16.5. The fourth-order valence-electron chi connectivity index (χ4n) is 3.98. The summed E-state index contributed by atoms with van der Waals surface area (Å²) in [5.41, 5.74) is 2.33. The number of hydrogen-bond acceptors (Lipinski definition) is 4. The molecule has 2 heterocycles. The van der Waals surface area contributed by atoms with Crippen LogP contribution in [0.15, 0.2) is 60.7 Å². The molecule has 2 saturated heterocycles. The van der Waals surface area contributed by atoms with Crippen molar-refractivity contribution >= 4 is 10.8 Å². The fourth-order valence-corrected chi connectivity index (χ4v) is 6.27. The summed E-state index contributed by atoms with van der Waals surface area (Å²) in [5.74, 6) is 0. The largest absolute Gasteiger partial charge is 0.784 e. The lowest BCUT2D eigenvalue weighted by atomic mass is 9.96. The highest BCUT2D eigenvalue weighted by Gasteiger charge is 2.51. The van der Waals surface area contributed by atoms with E-state index in [1.807, 2.05) is 48.5 Å².